The first-order chi connectivity index (χ1) is 17.1. The predicted molar refractivity (Wildman–Crippen MR) is 127 cm³/mol. The first kappa shape index (κ1) is 26.7. The van der Waals surface area contributed by atoms with Crippen molar-refractivity contribution in [2.45, 2.75) is 20.3 Å². The zero-order chi connectivity index (χ0) is 26.6. The van der Waals surface area contributed by atoms with Crippen molar-refractivity contribution in [2.24, 2.45) is 0 Å². The van der Waals surface area contributed by atoms with Gasteiger partial charge in [-0.1, -0.05) is 19.1 Å². The average molecular weight is 529 g/mol. The third-order valence-electron chi connectivity index (χ3n) is 4.80. The summed E-state index contributed by atoms with van der Waals surface area (Å²) < 4.78 is 74.0. The molecule has 192 valence electrons. The Morgan fingerprint density at radius 3 is 2.14 bits per heavy atom. The van der Waals surface area contributed by atoms with E-state index in [-0.39, 0.29) is 21.1 Å². The largest absolute Gasteiger partial charge is 0.492 e. The average Bonchev–Trinajstić information content (AvgIpc) is 3.20. The monoisotopic (exact) mass is 528 g/mol. The third kappa shape index (κ3) is 5.20. The summed E-state index contributed by atoms with van der Waals surface area (Å²) in [6.45, 7) is 4.32. The number of thiophene rings is 1. The first-order valence-electron chi connectivity index (χ1n) is 10.6. The second-order valence-corrected chi connectivity index (χ2v) is 8.28. The van der Waals surface area contributed by atoms with Crippen LogP contribution in [0.15, 0.2) is 24.3 Å². The van der Waals surface area contributed by atoms with Crippen LogP contribution in [0.2, 0.25) is 0 Å². The summed E-state index contributed by atoms with van der Waals surface area (Å²) >= 11 is 0.683. The summed E-state index contributed by atoms with van der Waals surface area (Å²) in [4.78, 5) is 25.5. The van der Waals surface area contributed by atoms with Crippen molar-refractivity contribution in [3.8, 4) is 5.75 Å². The molecule has 0 atom stereocenters. The molecule has 0 aliphatic rings. The molecule has 0 radical (unpaired) electrons. The molecule has 0 spiro atoms. The van der Waals surface area contributed by atoms with E-state index in [1.165, 1.54) is 0 Å². The number of carbonyl (C=O) groups excluding carboxylic acids is 2. The topological polar surface area (TPSA) is 105 Å². The fourth-order valence-corrected chi connectivity index (χ4v) is 4.16. The summed E-state index contributed by atoms with van der Waals surface area (Å²) in [7, 11) is 0. The van der Waals surface area contributed by atoms with Gasteiger partial charge >= 0.3 is 0 Å². The second-order valence-electron chi connectivity index (χ2n) is 7.26. The summed E-state index contributed by atoms with van der Waals surface area (Å²) in [6.07, 6.45) is 0.637. The lowest BCUT2D eigenvalue weighted by Crippen LogP contribution is -2.19. The summed E-state index contributed by atoms with van der Waals surface area (Å²) in [6, 6.07) is 6.58. The highest BCUT2D eigenvalue weighted by molar-refractivity contribution is 7.19. The molecule has 1 heterocycles. The van der Waals surface area contributed by atoms with E-state index < -0.39 is 46.6 Å². The van der Waals surface area contributed by atoms with Crippen molar-refractivity contribution in [2.75, 3.05) is 34.8 Å². The highest BCUT2D eigenvalue weighted by atomic mass is 32.1. The zero-order valence-electron chi connectivity index (χ0n) is 19.0. The van der Waals surface area contributed by atoms with Crippen LogP contribution in [0.5, 0.6) is 5.75 Å². The predicted octanol–water partition coefficient (Wildman–Crippen LogP) is 5.75. The maximum Gasteiger partial charge on any atom is 0.268 e. The molecule has 0 saturated carbocycles. The van der Waals surface area contributed by atoms with Crippen molar-refractivity contribution in [1.29, 1.82) is 0 Å². The number of hydrogen-bond acceptors (Lipinski definition) is 6. The van der Waals surface area contributed by atoms with Gasteiger partial charge in [-0.2, -0.15) is 0 Å². The number of benzene rings is 2. The molecule has 0 bridgehead atoms. The van der Waals surface area contributed by atoms with Gasteiger partial charge in [0.15, 0.2) is 23.3 Å². The minimum atomic E-state index is -2.36. The quantitative estimate of drug-likeness (QED) is 0.161. The molecule has 0 aliphatic carbocycles. The number of ether oxygens (including phenoxy) is 1. The number of hydrogen-bond donors (Lipinski definition) is 4. The van der Waals surface area contributed by atoms with Gasteiger partial charge in [-0.25, -0.2) is 22.0 Å². The zero-order valence-corrected chi connectivity index (χ0v) is 19.8. The molecule has 0 unspecified atom stereocenters. The Labute approximate surface area is 206 Å². The molecule has 7 nitrogen and oxygen atoms in total. The van der Waals surface area contributed by atoms with E-state index in [1.54, 1.807) is 36.5 Å². The Morgan fingerprint density at radius 2 is 1.53 bits per heavy atom. The van der Waals surface area contributed by atoms with E-state index in [2.05, 4.69) is 10.6 Å². The number of nitrogens with two attached hydrogens (primary N) is 1. The SMILES string of the molecule is CCCNc1sc(C(=O)Nc2c(F)c(F)c(F)c(F)c2F)c(N)c1C(=O)Nc1ccccc1OCC. The Bertz CT molecular complexity index is 1290. The molecule has 36 heavy (non-hydrogen) atoms. The minimum absolute atomic E-state index is 0.137. The Hall–Kier alpha value is -3.87. The molecule has 3 aromatic rings. The number of amides is 2. The number of nitrogen functional groups attached to an aromatic ring is 1. The third-order valence-corrected chi connectivity index (χ3v) is 5.96. The highest BCUT2D eigenvalue weighted by Crippen LogP contribution is 2.38. The van der Waals surface area contributed by atoms with Crippen LogP contribution in [-0.2, 0) is 0 Å². The number of nitrogens with one attached hydrogen (secondary N) is 3. The van der Waals surface area contributed by atoms with Crippen LogP contribution in [-0.4, -0.2) is 25.0 Å². The van der Waals surface area contributed by atoms with Gasteiger partial charge in [-0.15, -0.1) is 11.3 Å². The molecule has 0 aliphatic heterocycles. The molecule has 0 saturated heterocycles. The minimum Gasteiger partial charge on any atom is -0.492 e. The molecular weight excluding hydrogens is 507 g/mol. The van der Waals surface area contributed by atoms with Gasteiger partial charge in [0.1, 0.15) is 21.3 Å². The van der Waals surface area contributed by atoms with E-state index in [0.717, 1.165) is 0 Å². The molecule has 3 rings (SSSR count). The molecule has 5 N–H and O–H groups in total. The summed E-state index contributed by atoms with van der Waals surface area (Å²) in [5, 5.41) is 7.43. The molecule has 2 amide bonds. The number of anilines is 4. The lowest BCUT2D eigenvalue weighted by Gasteiger charge is -2.12. The van der Waals surface area contributed by atoms with E-state index in [1.807, 2.05) is 6.92 Å². The standard InChI is InChI=1S/C23H21F5N4O3S/c1-3-9-30-23-12(21(33)31-10-7-5-6-8-11(10)35-4-2)18(29)20(36-23)22(34)32-19-16(27)14(25)13(24)15(26)17(19)28/h5-8,30H,3-4,9,29H2,1-2H3,(H,31,33)(H,32,34). The Kier molecular flexibility index (Phi) is 8.35. The van der Waals surface area contributed by atoms with E-state index >= 15 is 0 Å². The summed E-state index contributed by atoms with van der Waals surface area (Å²) in [5.41, 5.74) is 4.36. The first-order valence-corrected chi connectivity index (χ1v) is 11.5. The molecule has 2 aromatic carbocycles. The lowest BCUT2D eigenvalue weighted by molar-refractivity contribution is 0.102. The van der Waals surface area contributed by atoms with Crippen LogP contribution < -0.4 is 26.4 Å². The van der Waals surface area contributed by atoms with Crippen molar-refractivity contribution < 1.29 is 36.3 Å². The molecular formula is C23H21F5N4O3S. The van der Waals surface area contributed by atoms with Gasteiger partial charge in [0, 0.05) is 6.54 Å². The highest BCUT2D eigenvalue weighted by Gasteiger charge is 2.30. The van der Waals surface area contributed by atoms with Crippen molar-refractivity contribution in [1.82, 2.24) is 0 Å². The number of halogens is 5. The van der Waals surface area contributed by atoms with Crippen LogP contribution in [0.4, 0.5) is 44.0 Å². The van der Waals surface area contributed by atoms with Crippen LogP contribution in [0, 0.1) is 29.1 Å². The van der Waals surface area contributed by atoms with Gasteiger partial charge in [0.2, 0.25) is 5.82 Å². The van der Waals surface area contributed by atoms with E-state index in [4.69, 9.17) is 10.5 Å². The van der Waals surface area contributed by atoms with Gasteiger partial charge in [-0.3, -0.25) is 9.59 Å². The van der Waals surface area contributed by atoms with Crippen molar-refractivity contribution in [3.05, 3.63) is 63.8 Å². The van der Waals surface area contributed by atoms with Gasteiger partial charge < -0.3 is 26.4 Å². The van der Waals surface area contributed by atoms with Gasteiger partial charge in [-0.05, 0) is 25.5 Å². The Morgan fingerprint density at radius 1 is 0.917 bits per heavy atom. The fourth-order valence-electron chi connectivity index (χ4n) is 3.12. The van der Waals surface area contributed by atoms with E-state index in [0.29, 0.717) is 42.3 Å². The van der Waals surface area contributed by atoms with Crippen molar-refractivity contribution >= 4 is 45.2 Å². The van der Waals surface area contributed by atoms with Crippen LogP contribution in [0.3, 0.4) is 0 Å². The van der Waals surface area contributed by atoms with E-state index in [9.17, 15) is 31.5 Å². The number of rotatable bonds is 9. The molecule has 1 aromatic heterocycles. The van der Waals surface area contributed by atoms with Crippen LogP contribution in [0.25, 0.3) is 0 Å². The fraction of sp³-hybridized carbons (Fsp3) is 0.217. The maximum absolute atomic E-state index is 14.0. The van der Waals surface area contributed by atoms with Crippen LogP contribution in [0.1, 0.15) is 40.3 Å². The summed E-state index contributed by atoms with van der Waals surface area (Å²) in [5.74, 6) is -12.8. The smallest absolute Gasteiger partial charge is 0.268 e. The maximum atomic E-state index is 14.0. The number of para-hydroxylation sites is 2. The van der Waals surface area contributed by atoms with Crippen molar-refractivity contribution in [3.63, 3.8) is 0 Å². The van der Waals surface area contributed by atoms with Gasteiger partial charge in [0.25, 0.3) is 11.8 Å². The number of carbonyl (C=O) groups is 2. The second kappa shape index (κ2) is 11.2. The van der Waals surface area contributed by atoms with Crippen LogP contribution >= 0.6 is 11.3 Å². The van der Waals surface area contributed by atoms with Gasteiger partial charge in [0.05, 0.1) is 23.5 Å². The normalized spacial score (nSPS) is 10.8. The molecule has 13 heteroatoms. The lowest BCUT2D eigenvalue weighted by atomic mass is 10.2. The Balaban J connectivity index is 1.99. The molecule has 0 fully saturated rings.